The summed E-state index contributed by atoms with van der Waals surface area (Å²) in [5.41, 5.74) is 0. The minimum atomic E-state index is -0.317. The Hall–Kier alpha value is -0.640. The Morgan fingerprint density at radius 3 is 1.26 bits per heavy atom. The van der Waals surface area contributed by atoms with E-state index >= 15 is 0 Å². The van der Waals surface area contributed by atoms with E-state index in [-0.39, 0.29) is 11.9 Å². The Balaban J connectivity index is 2.04. The average molecular weight is 664 g/mol. The van der Waals surface area contributed by atoms with Crippen molar-refractivity contribution in [2.75, 3.05) is 11.9 Å². The molecule has 0 bridgehead atoms. The zero-order chi connectivity index (χ0) is 30.9. The van der Waals surface area contributed by atoms with E-state index in [4.69, 9.17) is 9.47 Å². The van der Waals surface area contributed by atoms with Crippen molar-refractivity contribution in [1.29, 1.82) is 0 Å². The molecule has 1 atom stereocenters. The molecule has 0 aromatic rings. The van der Waals surface area contributed by atoms with Crippen molar-refractivity contribution >= 4 is 15.9 Å². The summed E-state index contributed by atoms with van der Waals surface area (Å²) in [6.45, 7) is 5.28. The first-order valence-electron chi connectivity index (χ1n) is 18.7. The number of alkyl halides is 1. The molecule has 1 unspecified atom stereocenters. The quantitative estimate of drug-likeness (QED) is 0.0417. The van der Waals surface area contributed by atoms with Crippen LogP contribution in [0.1, 0.15) is 181 Å². The molecule has 1 heterocycles. The monoisotopic (exact) mass is 662 g/mol. The number of hydrogen-bond acceptors (Lipinski definition) is 2. The normalized spacial score (nSPS) is 19.4. The fraction of sp³-hybridized carbons (Fsp3) is 0.800. The van der Waals surface area contributed by atoms with E-state index < -0.39 is 0 Å². The third kappa shape index (κ3) is 25.3. The van der Waals surface area contributed by atoms with Gasteiger partial charge in [-0.3, -0.25) is 0 Å². The summed E-state index contributed by atoms with van der Waals surface area (Å²) in [5, 5.41) is 0.877. The molecule has 1 saturated heterocycles. The molecule has 0 aliphatic carbocycles. The number of halogens is 1. The molecule has 1 aliphatic rings. The van der Waals surface area contributed by atoms with Crippen molar-refractivity contribution in [3.8, 4) is 0 Å². The van der Waals surface area contributed by atoms with Gasteiger partial charge in [0.05, 0.1) is 12.7 Å². The van der Waals surface area contributed by atoms with Gasteiger partial charge >= 0.3 is 0 Å². The van der Waals surface area contributed by atoms with Crippen LogP contribution in [0, 0.1) is 0 Å². The number of allylic oxidation sites excluding steroid dienone is 8. The van der Waals surface area contributed by atoms with E-state index in [9.17, 15) is 0 Å². The van der Waals surface area contributed by atoms with Gasteiger partial charge < -0.3 is 9.47 Å². The zero-order valence-electron chi connectivity index (χ0n) is 28.7. The maximum Gasteiger partial charge on any atom is 0.168 e. The zero-order valence-corrected chi connectivity index (χ0v) is 30.3. The van der Waals surface area contributed by atoms with Crippen LogP contribution in [0.2, 0.25) is 0 Å². The van der Waals surface area contributed by atoms with Gasteiger partial charge in [-0.2, -0.15) is 0 Å². The molecule has 0 aromatic carbocycles. The Morgan fingerprint density at radius 2 is 0.884 bits per heavy atom. The van der Waals surface area contributed by atoms with Crippen LogP contribution in [0.5, 0.6) is 0 Å². The van der Waals surface area contributed by atoms with Gasteiger partial charge in [-0.1, -0.05) is 155 Å². The maximum atomic E-state index is 6.45. The minimum absolute atomic E-state index is 0.217. The lowest BCUT2D eigenvalue weighted by Crippen LogP contribution is -2.31. The van der Waals surface area contributed by atoms with Crippen LogP contribution < -0.4 is 0 Å². The number of hydrogen-bond donors (Lipinski definition) is 0. The highest BCUT2D eigenvalue weighted by molar-refractivity contribution is 9.09. The SMILES string of the molecule is CCCCCC=CCC=CCCCCCCCCC1(CCCCCCCCC=CCC=CCCCCC)OCC(CBr)O1. The molecular formula is C40H71BrO2. The van der Waals surface area contributed by atoms with Crippen molar-refractivity contribution in [3.63, 3.8) is 0 Å². The van der Waals surface area contributed by atoms with Crippen LogP contribution in [0.25, 0.3) is 0 Å². The topological polar surface area (TPSA) is 18.5 Å². The van der Waals surface area contributed by atoms with Crippen molar-refractivity contribution in [1.82, 2.24) is 0 Å². The van der Waals surface area contributed by atoms with Gasteiger partial charge in [-0.25, -0.2) is 0 Å². The van der Waals surface area contributed by atoms with Gasteiger partial charge in [0.1, 0.15) is 0 Å². The second-order valence-electron chi connectivity index (χ2n) is 12.8. The van der Waals surface area contributed by atoms with E-state index in [0.29, 0.717) is 0 Å². The van der Waals surface area contributed by atoms with E-state index in [1.54, 1.807) is 0 Å². The predicted molar refractivity (Wildman–Crippen MR) is 195 cm³/mol. The van der Waals surface area contributed by atoms with Gasteiger partial charge in [0, 0.05) is 18.2 Å². The summed E-state index contributed by atoms with van der Waals surface area (Å²) in [4.78, 5) is 0. The summed E-state index contributed by atoms with van der Waals surface area (Å²) in [6, 6.07) is 0. The molecule has 43 heavy (non-hydrogen) atoms. The van der Waals surface area contributed by atoms with E-state index in [0.717, 1.165) is 37.6 Å². The molecule has 0 aromatic heterocycles. The minimum Gasteiger partial charge on any atom is -0.347 e. The summed E-state index contributed by atoms with van der Waals surface area (Å²) in [7, 11) is 0. The van der Waals surface area contributed by atoms with Gasteiger partial charge in [0.2, 0.25) is 0 Å². The first-order chi connectivity index (χ1) is 21.3. The second-order valence-corrected chi connectivity index (χ2v) is 13.4. The highest BCUT2D eigenvalue weighted by atomic mass is 79.9. The van der Waals surface area contributed by atoms with E-state index in [1.807, 2.05) is 0 Å². The lowest BCUT2D eigenvalue weighted by atomic mass is 9.98. The standard InChI is InChI=1S/C40H71BrO2/c1-3-5-7-9-11-13-15-17-19-21-23-25-27-29-31-33-35-40(42-38-39(37-41)43-40)36-34-32-30-28-26-24-22-20-18-16-14-12-10-8-6-4-2/h11-14,17-20,39H,3-10,15-16,21-38H2,1-2H3. The van der Waals surface area contributed by atoms with Crippen molar-refractivity contribution in [3.05, 3.63) is 48.6 Å². The Bertz CT molecular complexity index is 647. The lowest BCUT2D eigenvalue weighted by molar-refractivity contribution is -0.177. The third-order valence-electron chi connectivity index (χ3n) is 8.60. The Kier molecular flexibility index (Phi) is 29.4. The van der Waals surface area contributed by atoms with Crippen molar-refractivity contribution in [2.45, 2.75) is 193 Å². The fourth-order valence-electron chi connectivity index (χ4n) is 5.84. The first-order valence-corrected chi connectivity index (χ1v) is 19.9. The highest BCUT2D eigenvalue weighted by Gasteiger charge is 2.39. The van der Waals surface area contributed by atoms with Crippen molar-refractivity contribution in [2.24, 2.45) is 0 Å². The molecule has 0 saturated carbocycles. The van der Waals surface area contributed by atoms with Crippen LogP contribution in [-0.2, 0) is 9.47 Å². The van der Waals surface area contributed by atoms with Gasteiger partial charge in [-0.15, -0.1) is 0 Å². The first kappa shape index (κ1) is 40.4. The number of unbranched alkanes of at least 4 members (excludes halogenated alkanes) is 18. The Morgan fingerprint density at radius 1 is 0.512 bits per heavy atom. The largest absolute Gasteiger partial charge is 0.347 e. The molecule has 1 rings (SSSR count). The summed E-state index contributed by atoms with van der Waals surface area (Å²) in [5.74, 6) is -0.317. The smallest absolute Gasteiger partial charge is 0.168 e. The molecular weight excluding hydrogens is 592 g/mol. The molecule has 3 heteroatoms. The molecule has 2 nitrogen and oxygen atoms in total. The molecule has 0 amide bonds. The summed E-state index contributed by atoms with van der Waals surface area (Å²) >= 11 is 3.61. The lowest BCUT2D eigenvalue weighted by Gasteiger charge is -2.28. The molecule has 0 spiro atoms. The van der Waals surface area contributed by atoms with Crippen LogP contribution in [0.4, 0.5) is 0 Å². The third-order valence-corrected chi connectivity index (χ3v) is 9.32. The predicted octanol–water partition coefficient (Wildman–Crippen LogP) is 13.9. The molecule has 1 aliphatic heterocycles. The molecule has 1 fully saturated rings. The van der Waals surface area contributed by atoms with Gasteiger partial charge in [-0.05, 0) is 77.0 Å². The fourth-order valence-corrected chi connectivity index (χ4v) is 6.16. The van der Waals surface area contributed by atoms with Crippen LogP contribution >= 0.6 is 15.9 Å². The van der Waals surface area contributed by atoms with Gasteiger partial charge in [0.25, 0.3) is 0 Å². The maximum absolute atomic E-state index is 6.45. The highest BCUT2D eigenvalue weighted by Crippen LogP contribution is 2.35. The van der Waals surface area contributed by atoms with Crippen LogP contribution in [0.15, 0.2) is 48.6 Å². The second kappa shape index (κ2) is 31.3. The molecule has 250 valence electrons. The average Bonchev–Trinajstić information content (AvgIpc) is 3.44. The Labute approximate surface area is 277 Å². The van der Waals surface area contributed by atoms with E-state index in [2.05, 4.69) is 78.4 Å². The summed E-state index contributed by atoms with van der Waals surface area (Å²) < 4.78 is 12.8. The number of ether oxygens (including phenoxy) is 2. The summed E-state index contributed by atoms with van der Waals surface area (Å²) in [6.07, 6.45) is 52.1. The number of rotatable bonds is 31. The van der Waals surface area contributed by atoms with E-state index in [1.165, 1.54) is 141 Å². The van der Waals surface area contributed by atoms with Crippen LogP contribution in [0.3, 0.4) is 0 Å². The van der Waals surface area contributed by atoms with Gasteiger partial charge in [0.15, 0.2) is 5.79 Å². The van der Waals surface area contributed by atoms with Crippen LogP contribution in [-0.4, -0.2) is 23.8 Å². The molecule has 0 radical (unpaired) electrons. The molecule has 0 N–H and O–H groups in total. The van der Waals surface area contributed by atoms with Crippen molar-refractivity contribution < 1.29 is 9.47 Å².